The van der Waals surface area contributed by atoms with Gasteiger partial charge in [-0.15, -0.1) is 11.3 Å². The number of halogens is 1. The van der Waals surface area contributed by atoms with Crippen LogP contribution >= 0.6 is 27.3 Å². The molecule has 2 aromatic carbocycles. The standard InChI is InChI=1S/C28H26BrN3O2S/c1-34-21-14-8-18(9-15-21)26-24-6-4-16-31(24)27-23(22-5-2-3-7-25(22)35-27)17-32(26)28(33)30-20-12-10-19(29)11-13-20/h4,6,8-16,26H,2-3,5,7,17H2,1H3,(H,30,33)/t26-/m1/s1. The number of carbonyl (C=O) groups is 1. The van der Waals surface area contributed by atoms with Gasteiger partial charge >= 0.3 is 6.03 Å². The zero-order valence-electron chi connectivity index (χ0n) is 19.5. The van der Waals surface area contributed by atoms with Crippen molar-refractivity contribution in [1.29, 1.82) is 0 Å². The van der Waals surface area contributed by atoms with E-state index in [1.165, 1.54) is 33.8 Å². The number of fused-ring (bicyclic) bond motifs is 5. The minimum absolute atomic E-state index is 0.107. The average Bonchev–Trinajstić information content (AvgIpc) is 3.47. The normalized spacial score (nSPS) is 16.6. The number of anilines is 1. The highest BCUT2D eigenvalue weighted by Gasteiger charge is 2.36. The summed E-state index contributed by atoms with van der Waals surface area (Å²) < 4.78 is 8.68. The van der Waals surface area contributed by atoms with Crippen LogP contribution in [0.4, 0.5) is 10.5 Å². The molecule has 1 N–H and O–H groups in total. The SMILES string of the molecule is COc1ccc([C@@H]2c3cccn3-c3sc4c(c3CN2C(=O)Nc2ccc(Br)cc2)CCCC4)cc1. The predicted molar refractivity (Wildman–Crippen MR) is 144 cm³/mol. The Morgan fingerprint density at radius 3 is 2.57 bits per heavy atom. The Morgan fingerprint density at radius 1 is 1.03 bits per heavy atom. The average molecular weight is 549 g/mol. The number of ether oxygens (including phenoxy) is 1. The molecule has 2 aromatic heterocycles. The van der Waals surface area contributed by atoms with E-state index in [1.807, 2.05) is 52.6 Å². The van der Waals surface area contributed by atoms with E-state index in [9.17, 15) is 4.79 Å². The fourth-order valence-electron chi connectivity index (χ4n) is 5.25. The highest BCUT2D eigenvalue weighted by molar-refractivity contribution is 9.10. The summed E-state index contributed by atoms with van der Waals surface area (Å²) in [4.78, 5) is 17.4. The van der Waals surface area contributed by atoms with Crippen molar-refractivity contribution in [2.75, 3.05) is 12.4 Å². The van der Waals surface area contributed by atoms with E-state index in [0.717, 1.165) is 40.0 Å². The van der Waals surface area contributed by atoms with Crippen LogP contribution in [-0.4, -0.2) is 22.6 Å². The van der Waals surface area contributed by atoms with Crippen molar-refractivity contribution in [3.05, 3.63) is 98.6 Å². The summed E-state index contributed by atoms with van der Waals surface area (Å²) in [5.41, 5.74) is 5.68. The van der Waals surface area contributed by atoms with Crippen molar-refractivity contribution in [2.24, 2.45) is 0 Å². The molecule has 0 bridgehead atoms. The lowest BCUT2D eigenvalue weighted by Crippen LogP contribution is -2.38. The molecule has 0 radical (unpaired) electrons. The molecule has 0 spiro atoms. The molecule has 6 rings (SSSR count). The lowest BCUT2D eigenvalue weighted by Gasteiger charge is -2.31. The van der Waals surface area contributed by atoms with E-state index >= 15 is 0 Å². The molecular formula is C28H26BrN3O2S. The van der Waals surface area contributed by atoms with Gasteiger partial charge in [-0.25, -0.2) is 4.79 Å². The summed E-state index contributed by atoms with van der Waals surface area (Å²) in [6.07, 6.45) is 6.82. The Hall–Kier alpha value is -3.03. The molecule has 7 heteroatoms. The van der Waals surface area contributed by atoms with Gasteiger partial charge in [0.05, 0.1) is 25.4 Å². The minimum Gasteiger partial charge on any atom is -0.497 e. The van der Waals surface area contributed by atoms with Crippen LogP contribution in [-0.2, 0) is 19.4 Å². The lowest BCUT2D eigenvalue weighted by atomic mass is 9.95. The van der Waals surface area contributed by atoms with Crippen LogP contribution in [0.1, 0.15) is 46.1 Å². The fraction of sp³-hybridized carbons (Fsp3) is 0.250. The first-order valence-electron chi connectivity index (χ1n) is 11.9. The van der Waals surface area contributed by atoms with Crippen LogP contribution in [0.15, 0.2) is 71.3 Å². The maximum Gasteiger partial charge on any atom is 0.322 e. The van der Waals surface area contributed by atoms with Crippen molar-refractivity contribution in [2.45, 2.75) is 38.3 Å². The first-order chi connectivity index (χ1) is 17.1. The summed E-state index contributed by atoms with van der Waals surface area (Å²) in [5, 5.41) is 4.41. The lowest BCUT2D eigenvalue weighted by molar-refractivity contribution is 0.194. The number of rotatable bonds is 3. The van der Waals surface area contributed by atoms with Gasteiger partial charge in [0.1, 0.15) is 10.8 Å². The highest BCUT2D eigenvalue weighted by Crippen LogP contribution is 2.44. The van der Waals surface area contributed by atoms with Crippen LogP contribution in [0, 0.1) is 0 Å². The number of thiophene rings is 1. The minimum atomic E-state index is -0.231. The van der Waals surface area contributed by atoms with E-state index in [4.69, 9.17) is 4.74 Å². The fourth-order valence-corrected chi connectivity index (χ4v) is 6.92. The van der Waals surface area contributed by atoms with Gasteiger partial charge in [0, 0.05) is 26.8 Å². The monoisotopic (exact) mass is 547 g/mol. The first-order valence-corrected chi connectivity index (χ1v) is 13.5. The third kappa shape index (κ3) is 4.06. The van der Waals surface area contributed by atoms with Gasteiger partial charge in [-0.1, -0.05) is 28.1 Å². The highest BCUT2D eigenvalue weighted by atomic mass is 79.9. The zero-order chi connectivity index (χ0) is 23.9. The number of hydrogen-bond acceptors (Lipinski definition) is 3. The molecule has 2 amide bonds. The van der Waals surface area contributed by atoms with Crippen molar-refractivity contribution in [3.63, 3.8) is 0 Å². The number of nitrogens with zero attached hydrogens (tertiary/aromatic N) is 2. The Morgan fingerprint density at radius 2 is 1.80 bits per heavy atom. The number of methoxy groups -OCH3 is 1. The molecule has 5 nitrogen and oxygen atoms in total. The molecule has 0 saturated carbocycles. The van der Waals surface area contributed by atoms with Gasteiger partial charge < -0.3 is 19.5 Å². The van der Waals surface area contributed by atoms with E-state index in [0.29, 0.717) is 6.54 Å². The second-order valence-corrected chi connectivity index (χ2v) is 11.0. The maximum atomic E-state index is 13.9. The van der Waals surface area contributed by atoms with Gasteiger partial charge in [0.25, 0.3) is 0 Å². The van der Waals surface area contributed by atoms with Crippen molar-refractivity contribution >= 4 is 39.0 Å². The Kier molecular flexibility index (Phi) is 5.90. The summed E-state index contributed by atoms with van der Waals surface area (Å²) in [6.45, 7) is 0.571. The molecule has 35 heavy (non-hydrogen) atoms. The Bertz CT molecular complexity index is 1370. The Balaban J connectivity index is 1.48. The number of aromatic nitrogens is 1. The van der Waals surface area contributed by atoms with Crippen LogP contribution in [0.3, 0.4) is 0 Å². The number of urea groups is 1. The number of benzene rings is 2. The molecule has 0 saturated heterocycles. The quantitative estimate of drug-likeness (QED) is 0.292. The molecule has 178 valence electrons. The summed E-state index contributed by atoms with van der Waals surface area (Å²) in [5.74, 6) is 0.803. The zero-order valence-corrected chi connectivity index (χ0v) is 21.9. The summed E-state index contributed by atoms with van der Waals surface area (Å²) in [7, 11) is 1.67. The van der Waals surface area contributed by atoms with Gasteiger partial charge in [0.15, 0.2) is 0 Å². The topological polar surface area (TPSA) is 46.5 Å². The second kappa shape index (κ2) is 9.21. The molecule has 4 aromatic rings. The van der Waals surface area contributed by atoms with Gasteiger partial charge in [0.2, 0.25) is 0 Å². The van der Waals surface area contributed by atoms with Crippen LogP contribution in [0.25, 0.3) is 5.00 Å². The number of nitrogens with one attached hydrogen (secondary N) is 1. The third-order valence-electron chi connectivity index (χ3n) is 6.97. The smallest absolute Gasteiger partial charge is 0.322 e. The van der Waals surface area contributed by atoms with Gasteiger partial charge in [-0.3, -0.25) is 0 Å². The molecule has 3 heterocycles. The van der Waals surface area contributed by atoms with E-state index in [-0.39, 0.29) is 12.1 Å². The van der Waals surface area contributed by atoms with E-state index in [2.05, 4.69) is 56.3 Å². The number of aryl methyl sites for hydroxylation is 1. The van der Waals surface area contributed by atoms with Crippen molar-refractivity contribution in [1.82, 2.24) is 9.47 Å². The summed E-state index contributed by atoms with van der Waals surface area (Å²) in [6, 6.07) is 19.7. The van der Waals surface area contributed by atoms with Gasteiger partial charge in [-0.2, -0.15) is 0 Å². The molecule has 1 atom stereocenters. The van der Waals surface area contributed by atoms with Crippen molar-refractivity contribution in [3.8, 4) is 10.8 Å². The second-order valence-electron chi connectivity index (χ2n) is 9.04. The number of carbonyl (C=O) groups excluding carboxylic acids is 1. The molecular weight excluding hydrogens is 522 g/mol. The van der Waals surface area contributed by atoms with Crippen molar-refractivity contribution < 1.29 is 9.53 Å². The van der Waals surface area contributed by atoms with Gasteiger partial charge in [-0.05, 0) is 85.3 Å². The molecule has 1 aliphatic heterocycles. The first kappa shape index (κ1) is 22.4. The molecule has 2 aliphatic rings. The number of amides is 2. The van der Waals surface area contributed by atoms with Crippen LogP contribution in [0.5, 0.6) is 5.75 Å². The number of hydrogen-bond donors (Lipinski definition) is 1. The van der Waals surface area contributed by atoms with E-state index < -0.39 is 0 Å². The third-order valence-corrected chi connectivity index (χ3v) is 8.83. The van der Waals surface area contributed by atoms with E-state index in [1.54, 1.807) is 7.11 Å². The maximum absolute atomic E-state index is 13.9. The Labute approximate surface area is 217 Å². The molecule has 0 unspecified atom stereocenters. The molecule has 1 aliphatic carbocycles. The summed E-state index contributed by atoms with van der Waals surface area (Å²) >= 11 is 5.38. The van der Waals surface area contributed by atoms with Crippen LogP contribution in [0.2, 0.25) is 0 Å². The molecule has 0 fully saturated rings. The largest absolute Gasteiger partial charge is 0.497 e. The predicted octanol–water partition coefficient (Wildman–Crippen LogP) is 7.33. The van der Waals surface area contributed by atoms with Crippen LogP contribution < -0.4 is 10.1 Å².